The van der Waals surface area contributed by atoms with Gasteiger partial charge in [0.15, 0.2) is 5.13 Å². The van der Waals surface area contributed by atoms with E-state index in [2.05, 4.69) is 46.3 Å². The van der Waals surface area contributed by atoms with Crippen molar-refractivity contribution in [2.24, 2.45) is 0 Å². The molecule has 2 amide bonds. The summed E-state index contributed by atoms with van der Waals surface area (Å²) in [6.07, 6.45) is 1.92. The summed E-state index contributed by atoms with van der Waals surface area (Å²) in [4.78, 5) is 37.3. The summed E-state index contributed by atoms with van der Waals surface area (Å²) in [6.45, 7) is 2.89. The third kappa shape index (κ3) is 5.15. The topological polar surface area (TPSA) is 68.8 Å². The minimum absolute atomic E-state index is 0.0615. The number of amides is 2. The molecule has 35 heavy (non-hydrogen) atoms. The molecule has 1 aromatic heterocycles. The van der Waals surface area contributed by atoms with Gasteiger partial charge in [-0.1, -0.05) is 54.6 Å². The van der Waals surface area contributed by atoms with E-state index < -0.39 is 6.04 Å². The summed E-state index contributed by atoms with van der Waals surface area (Å²) in [5.41, 5.74) is 3.84. The molecule has 3 heterocycles. The SMILES string of the molecule is CN(C)C1CCN(C(=O)c2csc(NC(=O)[C@@H](c3ccccc3)N3Cc4ccccc4C3)n2)CC1. The van der Waals surface area contributed by atoms with Gasteiger partial charge >= 0.3 is 0 Å². The van der Waals surface area contributed by atoms with E-state index in [9.17, 15) is 9.59 Å². The van der Waals surface area contributed by atoms with E-state index in [-0.39, 0.29) is 11.8 Å². The lowest BCUT2D eigenvalue weighted by Gasteiger charge is -2.34. The number of benzene rings is 2. The monoisotopic (exact) mass is 489 g/mol. The van der Waals surface area contributed by atoms with E-state index in [1.165, 1.54) is 22.5 Å². The van der Waals surface area contributed by atoms with Crippen LogP contribution in [0.1, 0.15) is 46.1 Å². The Balaban J connectivity index is 1.28. The van der Waals surface area contributed by atoms with Crippen LogP contribution in [-0.4, -0.2) is 64.7 Å². The highest BCUT2D eigenvalue weighted by molar-refractivity contribution is 7.14. The zero-order valence-electron chi connectivity index (χ0n) is 20.2. The average Bonchev–Trinajstić information content (AvgIpc) is 3.51. The predicted octanol–water partition coefficient (Wildman–Crippen LogP) is 4.00. The number of anilines is 1. The number of carbonyl (C=O) groups excluding carboxylic acids is 2. The third-order valence-corrected chi connectivity index (χ3v) is 7.79. The van der Waals surface area contributed by atoms with Crippen LogP contribution >= 0.6 is 11.3 Å². The minimum atomic E-state index is -0.447. The van der Waals surface area contributed by atoms with E-state index in [4.69, 9.17) is 0 Å². The van der Waals surface area contributed by atoms with Crippen molar-refractivity contribution in [3.05, 3.63) is 82.4 Å². The Morgan fingerprint density at radius 1 is 1.00 bits per heavy atom. The smallest absolute Gasteiger partial charge is 0.273 e. The molecule has 0 spiro atoms. The fourth-order valence-corrected chi connectivity index (χ4v) is 5.74. The Morgan fingerprint density at radius 3 is 2.26 bits per heavy atom. The van der Waals surface area contributed by atoms with Crippen LogP contribution in [0.5, 0.6) is 0 Å². The van der Waals surface area contributed by atoms with E-state index in [0.717, 1.165) is 31.5 Å². The van der Waals surface area contributed by atoms with Crippen LogP contribution in [0.25, 0.3) is 0 Å². The van der Waals surface area contributed by atoms with E-state index in [1.54, 1.807) is 5.38 Å². The average molecular weight is 490 g/mol. The highest BCUT2D eigenvalue weighted by Gasteiger charge is 2.33. The van der Waals surface area contributed by atoms with Crippen LogP contribution in [0.2, 0.25) is 0 Å². The van der Waals surface area contributed by atoms with Crippen molar-refractivity contribution in [3.8, 4) is 0 Å². The number of carbonyl (C=O) groups is 2. The van der Waals surface area contributed by atoms with Crippen molar-refractivity contribution in [2.75, 3.05) is 32.5 Å². The number of piperidine rings is 1. The van der Waals surface area contributed by atoms with Crippen LogP contribution in [0.15, 0.2) is 60.0 Å². The molecule has 0 radical (unpaired) electrons. The molecule has 1 atom stereocenters. The molecule has 1 saturated heterocycles. The van der Waals surface area contributed by atoms with Crippen molar-refractivity contribution in [3.63, 3.8) is 0 Å². The second-order valence-electron chi connectivity index (χ2n) is 9.50. The Bertz CT molecular complexity index is 1160. The Labute approximate surface area is 210 Å². The van der Waals surface area contributed by atoms with Crippen molar-refractivity contribution < 1.29 is 9.59 Å². The van der Waals surface area contributed by atoms with Gasteiger partial charge in [-0.3, -0.25) is 14.5 Å². The molecule has 0 unspecified atom stereocenters. The highest BCUT2D eigenvalue weighted by Crippen LogP contribution is 2.32. The number of hydrogen-bond donors (Lipinski definition) is 1. The molecule has 3 aromatic rings. The molecular formula is C27H31N5O2S. The van der Waals surface area contributed by atoms with Crippen LogP contribution in [-0.2, 0) is 17.9 Å². The van der Waals surface area contributed by atoms with Gasteiger partial charge in [0.1, 0.15) is 11.7 Å². The molecule has 7 nitrogen and oxygen atoms in total. The Morgan fingerprint density at radius 2 is 1.63 bits per heavy atom. The molecule has 2 aromatic carbocycles. The number of rotatable bonds is 6. The van der Waals surface area contributed by atoms with Crippen molar-refractivity contribution in [2.45, 2.75) is 38.0 Å². The number of aromatic nitrogens is 1. The molecule has 2 aliphatic heterocycles. The first-order valence-electron chi connectivity index (χ1n) is 12.1. The maximum atomic E-state index is 13.5. The quantitative estimate of drug-likeness (QED) is 0.567. The fraction of sp³-hybridized carbons (Fsp3) is 0.370. The fourth-order valence-electron chi connectivity index (χ4n) is 5.06. The molecule has 1 fully saturated rings. The number of nitrogens with one attached hydrogen (secondary N) is 1. The van der Waals surface area contributed by atoms with Crippen molar-refractivity contribution in [1.29, 1.82) is 0 Å². The number of likely N-dealkylation sites (tertiary alicyclic amines) is 1. The minimum Gasteiger partial charge on any atom is -0.337 e. The van der Waals surface area contributed by atoms with Crippen LogP contribution in [0.3, 0.4) is 0 Å². The van der Waals surface area contributed by atoms with Crippen molar-refractivity contribution in [1.82, 2.24) is 19.7 Å². The molecule has 0 aliphatic carbocycles. The van der Waals surface area contributed by atoms with Gasteiger partial charge in [-0.05, 0) is 43.6 Å². The Hall–Kier alpha value is -3.07. The second-order valence-corrected chi connectivity index (χ2v) is 10.4. The molecular weight excluding hydrogens is 458 g/mol. The molecule has 5 rings (SSSR count). The summed E-state index contributed by atoms with van der Waals surface area (Å²) in [5, 5.41) is 5.20. The molecule has 0 saturated carbocycles. The van der Waals surface area contributed by atoms with Crippen LogP contribution in [0.4, 0.5) is 5.13 Å². The molecule has 2 aliphatic rings. The summed E-state index contributed by atoms with van der Waals surface area (Å²) in [6, 6.07) is 18.2. The largest absolute Gasteiger partial charge is 0.337 e. The van der Waals surface area contributed by atoms with Gasteiger partial charge in [0.25, 0.3) is 5.91 Å². The van der Waals surface area contributed by atoms with Crippen LogP contribution in [0, 0.1) is 0 Å². The van der Waals surface area contributed by atoms with E-state index in [1.807, 2.05) is 47.4 Å². The molecule has 182 valence electrons. The molecule has 0 bridgehead atoms. The second kappa shape index (κ2) is 10.3. The standard InChI is InChI=1S/C27H31N5O2S/c1-30(2)22-12-14-31(15-13-22)26(34)23-18-35-27(28-23)29-25(33)24(19-8-4-3-5-9-19)32-16-20-10-6-7-11-21(20)17-32/h3-11,18,22,24H,12-17H2,1-2H3,(H,28,29,33)/t24-/m1/s1. The van der Waals surface area contributed by atoms with Crippen LogP contribution < -0.4 is 5.32 Å². The van der Waals surface area contributed by atoms with Gasteiger partial charge in [-0.2, -0.15) is 0 Å². The predicted molar refractivity (Wildman–Crippen MR) is 138 cm³/mol. The normalized spacial score (nSPS) is 17.4. The summed E-state index contributed by atoms with van der Waals surface area (Å²) < 4.78 is 0. The number of thiazole rings is 1. The summed E-state index contributed by atoms with van der Waals surface area (Å²) >= 11 is 1.30. The third-order valence-electron chi connectivity index (χ3n) is 7.03. The Kier molecular flexibility index (Phi) is 6.95. The van der Waals surface area contributed by atoms with Gasteiger partial charge in [-0.15, -0.1) is 11.3 Å². The summed E-state index contributed by atoms with van der Waals surface area (Å²) in [7, 11) is 4.17. The number of fused-ring (bicyclic) bond motifs is 1. The maximum absolute atomic E-state index is 13.5. The van der Waals surface area contributed by atoms with Gasteiger partial charge in [0.05, 0.1) is 0 Å². The van der Waals surface area contributed by atoms with E-state index >= 15 is 0 Å². The van der Waals surface area contributed by atoms with Gasteiger partial charge in [0, 0.05) is 37.6 Å². The lowest BCUT2D eigenvalue weighted by atomic mass is 10.0. The molecule has 1 N–H and O–H groups in total. The zero-order chi connectivity index (χ0) is 24.4. The number of hydrogen-bond acceptors (Lipinski definition) is 6. The maximum Gasteiger partial charge on any atom is 0.273 e. The first kappa shape index (κ1) is 23.7. The first-order valence-corrected chi connectivity index (χ1v) is 13.0. The first-order chi connectivity index (χ1) is 17.0. The lowest BCUT2D eigenvalue weighted by molar-refractivity contribution is -0.121. The molecule has 8 heteroatoms. The summed E-state index contributed by atoms with van der Waals surface area (Å²) in [5.74, 6) is -0.197. The van der Waals surface area contributed by atoms with E-state index in [0.29, 0.717) is 30.0 Å². The zero-order valence-corrected chi connectivity index (χ0v) is 21.0. The highest BCUT2D eigenvalue weighted by atomic mass is 32.1. The number of nitrogens with zero attached hydrogens (tertiary/aromatic N) is 4. The van der Waals surface area contributed by atoms with Gasteiger partial charge < -0.3 is 15.1 Å². The van der Waals surface area contributed by atoms with Gasteiger partial charge in [-0.25, -0.2) is 4.98 Å². The van der Waals surface area contributed by atoms with Gasteiger partial charge in [0.2, 0.25) is 5.91 Å². The van der Waals surface area contributed by atoms with Crippen molar-refractivity contribution >= 4 is 28.3 Å². The lowest BCUT2D eigenvalue weighted by Crippen LogP contribution is -2.44.